The van der Waals surface area contributed by atoms with E-state index in [0.29, 0.717) is 23.6 Å². The minimum Gasteiger partial charge on any atom is -0.543 e. The summed E-state index contributed by atoms with van der Waals surface area (Å²) in [6, 6.07) is -0.358. The average Bonchev–Trinajstić information content (AvgIpc) is 2.85. The molecule has 0 unspecified atom stereocenters. The molecule has 2 aliphatic rings. The first-order chi connectivity index (χ1) is 11.8. The Hall–Kier alpha value is -1.23. The monoisotopic (exact) mass is 393 g/mol. The molecule has 2 N–H and O–H groups in total. The van der Waals surface area contributed by atoms with Crippen LogP contribution in [-0.4, -0.2) is 60.3 Å². The molecule has 2 aliphatic heterocycles. The van der Waals surface area contributed by atoms with Crippen molar-refractivity contribution in [2.75, 3.05) is 19.3 Å². The van der Waals surface area contributed by atoms with Gasteiger partial charge in [-0.25, -0.2) is 4.79 Å². The van der Waals surface area contributed by atoms with E-state index in [4.69, 9.17) is 4.74 Å². The van der Waals surface area contributed by atoms with E-state index < -0.39 is 30.0 Å². The van der Waals surface area contributed by atoms with Crippen LogP contribution in [0.3, 0.4) is 0 Å². The fraction of sp³-hybridized carbons (Fsp3) is 0.600. The van der Waals surface area contributed by atoms with E-state index in [9.17, 15) is 24.3 Å². The number of rotatable bonds is 7. The van der Waals surface area contributed by atoms with Gasteiger partial charge in [0.15, 0.2) is 0 Å². The molecule has 0 aromatic carbocycles. The predicted octanol–water partition coefficient (Wildman–Crippen LogP) is -4.20. The summed E-state index contributed by atoms with van der Waals surface area (Å²) in [4.78, 5) is 47.7. The smallest absolute Gasteiger partial charge is 0.543 e. The fourth-order valence-electron chi connectivity index (χ4n) is 3.04. The van der Waals surface area contributed by atoms with Gasteiger partial charge in [0, 0.05) is 37.6 Å². The number of ether oxygens (including phenoxy) is 1. The maximum Gasteiger partial charge on any atom is 1.00 e. The molecular formula is C15H20N3NaO6S. The summed E-state index contributed by atoms with van der Waals surface area (Å²) in [5.74, 6) is -2.07. The summed E-state index contributed by atoms with van der Waals surface area (Å²) in [6.45, 7) is 3.40. The Morgan fingerprint density at radius 2 is 2.08 bits per heavy atom. The number of hydrogen-bond donors (Lipinski definition) is 2. The maximum atomic E-state index is 12.4. The van der Waals surface area contributed by atoms with Gasteiger partial charge in [0.25, 0.3) is 0 Å². The molecule has 0 aromatic rings. The zero-order valence-corrected chi connectivity index (χ0v) is 18.0. The van der Waals surface area contributed by atoms with Crippen LogP contribution < -0.4 is 45.3 Å². The van der Waals surface area contributed by atoms with E-state index in [1.807, 2.05) is 0 Å². The van der Waals surface area contributed by atoms with Crippen molar-refractivity contribution in [1.82, 2.24) is 15.5 Å². The van der Waals surface area contributed by atoms with Crippen molar-refractivity contribution in [3.8, 4) is 0 Å². The predicted molar refractivity (Wildman–Crippen MR) is 86.9 cm³/mol. The van der Waals surface area contributed by atoms with Gasteiger partial charge in [-0.2, -0.15) is 0 Å². The van der Waals surface area contributed by atoms with Crippen LogP contribution in [0.4, 0.5) is 4.79 Å². The summed E-state index contributed by atoms with van der Waals surface area (Å²) < 4.78 is 5.10. The number of hydrogen-bond acceptors (Lipinski definition) is 7. The maximum absolute atomic E-state index is 12.4. The summed E-state index contributed by atoms with van der Waals surface area (Å²) in [5.41, 5.74) is -0.119. The van der Waals surface area contributed by atoms with Crippen molar-refractivity contribution in [2.45, 2.75) is 32.4 Å². The summed E-state index contributed by atoms with van der Waals surface area (Å²) >= 11 is 1.27. The van der Waals surface area contributed by atoms with Crippen molar-refractivity contribution >= 4 is 35.6 Å². The third-order valence-electron chi connectivity index (χ3n) is 4.12. The summed E-state index contributed by atoms with van der Waals surface area (Å²) in [7, 11) is 1.42. The standard InChI is InChI=1S/C15H21N3O6S.Na/c1-7(24-15(23)16-3)11-9-6-10(25-5-4-17-8(2)19)12(14(21)22)18(9)13(11)20;/h7,9,11H,4-6H2,1-3H3,(H,16,23)(H,17,19)(H,21,22);/q;+1/p-1/t7-,9+,11-;/m0./s1. The molecule has 0 saturated carbocycles. The molecule has 0 aromatic heterocycles. The number of β-lactam (4-membered cyclic amide) rings is 1. The zero-order chi connectivity index (χ0) is 18.7. The van der Waals surface area contributed by atoms with Crippen LogP contribution in [0, 0.1) is 5.92 Å². The van der Waals surface area contributed by atoms with Crippen molar-refractivity contribution in [1.29, 1.82) is 0 Å². The number of carbonyl (C=O) groups excluding carboxylic acids is 4. The van der Waals surface area contributed by atoms with Crippen LogP contribution >= 0.6 is 11.8 Å². The van der Waals surface area contributed by atoms with Gasteiger partial charge >= 0.3 is 35.7 Å². The average molecular weight is 393 g/mol. The van der Waals surface area contributed by atoms with Crippen molar-refractivity contribution in [2.24, 2.45) is 5.92 Å². The van der Waals surface area contributed by atoms with Gasteiger partial charge in [-0.1, -0.05) is 0 Å². The number of thioether (sulfide) groups is 1. The number of carbonyl (C=O) groups is 4. The van der Waals surface area contributed by atoms with E-state index in [0.717, 1.165) is 0 Å². The van der Waals surface area contributed by atoms with Crippen LogP contribution in [0.25, 0.3) is 0 Å². The molecule has 1 saturated heterocycles. The first-order valence-corrected chi connectivity index (χ1v) is 8.79. The van der Waals surface area contributed by atoms with Gasteiger partial charge in [0.2, 0.25) is 11.8 Å². The number of carboxylic acids is 1. The van der Waals surface area contributed by atoms with Gasteiger partial charge in [0.05, 0.1) is 23.6 Å². The molecule has 1 fully saturated rings. The van der Waals surface area contributed by atoms with Gasteiger partial charge < -0.3 is 30.2 Å². The van der Waals surface area contributed by atoms with Crippen molar-refractivity contribution in [3.63, 3.8) is 0 Å². The Labute approximate surface area is 177 Å². The number of fused-ring (bicyclic) bond motifs is 1. The number of carboxylic acid groups (broad SMARTS) is 1. The summed E-state index contributed by atoms with van der Waals surface area (Å²) in [5, 5.41) is 16.4. The largest absolute Gasteiger partial charge is 1.00 e. The van der Waals surface area contributed by atoms with Crippen LogP contribution in [-0.2, 0) is 19.1 Å². The second-order valence-corrected chi connectivity index (χ2v) is 6.95. The van der Waals surface area contributed by atoms with Crippen LogP contribution in [0.2, 0.25) is 0 Å². The SMILES string of the molecule is CNC(=O)O[C@@H](C)[C@@H]1C(=O)N2C(C(=O)[O-])=C(SCCNC(C)=O)C[C@H]12.[Na+]. The molecule has 0 aliphatic carbocycles. The summed E-state index contributed by atoms with van der Waals surface area (Å²) in [6.07, 6.45) is -0.943. The van der Waals surface area contributed by atoms with E-state index in [1.54, 1.807) is 6.92 Å². The quantitative estimate of drug-likeness (QED) is 0.255. The third kappa shape index (κ3) is 4.73. The molecule has 26 heavy (non-hydrogen) atoms. The first-order valence-electron chi connectivity index (χ1n) is 7.81. The Morgan fingerprint density at radius 1 is 1.42 bits per heavy atom. The van der Waals surface area contributed by atoms with Crippen LogP contribution in [0.5, 0.6) is 0 Å². The Bertz CT molecular complexity index is 641. The van der Waals surface area contributed by atoms with Gasteiger partial charge in [-0.05, 0) is 6.92 Å². The van der Waals surface area contributed by atoms with Crippen molar-refractivity contribution in [3.05, 3.63) is 10.6 Å². The van der Waals surface area contributed by atoms with Gasteiger partial charge in [-0.3, -0.25) is 9.59 Å². The minimum atomic E-state index is -1.41. The fourth-order valence-corrected chi connectivity index (χ4v) is 4.10. The molecule has 3 amide bonds. The molecule has 138 valence electrons. The molecular weight excluding hydrogens is 373 g/mol. The zero-order valence-electron chi connectivity index (χ0n) is 15.2. The Kier molecular flexibility index (Phi) is 8.45. The molecule has 0 spiro atoms. The van der Waals surface area contributed by atoms with Crippen LogP contribution in [0.1, 0.15) is 20.3 Å². The number of aliphatic carboxylic acids is 1. The topological polar surface area (TPSA) is 128 Å². The Balaban J connectivity index is 0.00000338. The number of amides is 3. The minimum absolute atomic E-state index is 0. The second kappa shape index (κ2) is 9.63. The first kappa shape index (κ1) is 22.8. The van der Waals surface area contributed by atoms with E-state index in [2.05, 4.69) is 10.6 Å². The molecule has 0 radical (unpaired) electrons. The molecule has 9 nitrogen and oxygen atoms in total. The number of nitrogens with zero attached hydrogens (tertiary/aromatic N) is 1. The third-order valence-corrected chi connectivity index (χ3v) is 5.23. The molecule has 2 rings (SSSR count). The van der Waals surface area contributed by atoms with Gasteiger partial charge in [-0.15, -0.1) is 11.8 Å². The molecule has 2 heterocycles. The van der Waals surface area contributed by atoms with Crippen LogP contribution in [0.15, 0.2) is 10.6 Å². The van der Waals surface area contributed by atoms with Gasteiger partial charge in [0.1, 0.15) is 6.10 Å². The van der Waals surface area contributed by atoms with E-state index in [1.165, 1.54) is 30.6 Å². The molecule has 11 heteroatoms. The Morgan fingerprint density at radius 3 is 2.62 bits per heavy atom. The molecule has 3 atom stereocenters. The normalized spacial score (nSPS) is 22.0. The second-order valence-electron chi connectivity index (χ2n) is 5.76. The van der Waals surface area contributed by atoms with Crippen molar-refractivity contribution < 1.29 is 58.6 Å². The van der Waals surface area contributed by atoms with E-state index in [-0.39, 0.29) is 47.2 Å². The van der Waals surface area contributed by atoms with E-state index >= 15 is 0 Å². The number of alkyl carbamates (subject to hydrolysis) is 1. The molecule has 0 bridgehead atoms. The number of nitrogens with one attached hydrogen (secondary N) is 2.